The minimum absolute atomic E-state index is 0.107. The maximum Gasteiger partial charge on any atom is 0.309 e. The summed E-state index contributed by atoms with van der Waals surface area (Å²) < 4.78 is 12.1. The monoisotopic (exact) mass is 420 g/mol. The first-order valence-electron chi connectivity index (χ1n) is 11.5. The van der Waals surface area contributed by atoms with Crippen LogP contribution in [0.15, 0.2) is 12.2 Å². The van der Waals surface area contributed by atoms with E-state index in [1.807, 2.05) is 34.6 Å². The number of rotatable bonds is 7. The molecule has 0 aliphatic heterocycles. The van der Waals surface area contributed by atoms with Crippen LogP contribution in [-0.4, -0.2) is 29.9 Å². The highest BCUT2D eigenvalue weighted by Gasteiger charge is 2.58. The number of hydrogen-bond donors (Lipinski definition) is 0. The molecule has 2 aliphatic carbocycles. The second-order valence-electron chi connectivity index (χ2n) is 10.0. The minimum atomic E-state index is -0.633. The van der Waals surface area contributed by atoms with E-state index in [2.05, 4.69) is 20.4 Å². The summed E-state index contributed by atoms with van der Waals surface area (Å²) in [5.41, 5.74) is 0.738. The van der Waals surface area contributed by atoms with E-state index in [9.17, 15) is 14.4 Å². The van der Waals surface area contributed by atoms with Crippen LogP contribution in [0.2, 0.25) is 0 Å². The van der Waals surface area contributed by atoms with E-state index in [-0.39, 0.29) is 52.7 Å². The summed E-state index contributed by atoms with van der Waals surface area (Å²) in [5.74, 6) is -0.959. The van der Waals surface area contributed by atoms with Gasteiger partial charge in [0.1, 0.15) is 18.0 Å². The molecule has 2 fully saturated rings. The molecule has 0 aromatic carbocycles. The zero-order valence-electron chi connectivity index (χ0n) is 19.8. The molecular weight excluding hydrogens is 380 g/mol. The SMILES string of the molecule is C=C(C)C1CC2(C)C(C)CC(=O)CC2C(OC(=O)C(C)CC)C1OC(=O)C(C)CC. The highest BCUT2D eigenvalue weighted by Crippen LogP contribution is 2.56. The van der Waals surface area contributed by atoms with Crippen molar-refractivity contribution in [2.45, 2.75) is 92.8 Å². The van der Waals surface area contributed by atoms with Crippen LogP contribution in [0.1, 0.15) is 80.6 Å². The van der Waals surface area contributed by atoms with E-state index in [0.717, 1.165) is 12.0 Å². The normalized spacial score (nSPS) is 35.7. The van der Waals surface area contributed by atoms with Crippen molar-refractivity contribution in [2.24, 2.45) is 35.0 Å². The van der Waals surface area contributed by atoms with Crippen LogP contribution in [0.3, 0.4) is 0 Å². The molecule has 0 amide bonds. The van der Waals surface area contributed by atoms with Gasteiger partial charge in [0, 0.05) is 24.7 Å². The van der Waals surface area contributed by atoms with Crippen molar-refractivity contribution in [3.05, 3.63) is 12.2 Å². The van der Waals surface area contributed by atoms with Gasteiger partial charge in [0.15, 0.2) is 0 Å². The molecule has 0 bridgehead atoms. The van der Waals surface area contributed by atoms with Gasteiger partial charge >= 0.3 is 11.9 Å². The Morgan fingerprint density at radius 3 is 2.03 bits per heavy atom. The van der Waals surface area contributed by atoms with Crippen molar-refractivity contribution in [1.82, 2.24) is 0 Å². The molecule has 30 heavy (non-hydrogen) atoms. The van der Waals surface area contributed by atoms with Crippen LogP contribution < -0.4 is 0 Å². The van der Waals surface area contributed by atoms with Crippen molar-refractivity contribution >= 4 is 17.7 Å². The number of Topliss-reactive ketones (excluding diaryl/α,β-unsaturated/α-hetero) is 1. The van der Waals surface area contributed by atoms with Gasteiger partial charge in [-0.15, -0.1) is 0 Å². The molecule has 0 aromatic rings. The average molecular weight is 421 g/mol. The number of hydrogen-bond acceptors (Lipinski definition) is 5. The van der Waals surface area contributed by atoms with E-state index in [1.54, 1.807) is 0 Å². The fourth-order valence-corrected chi connectivity index (χ4v) is 4.98. The lowest BCUT2D eigenvalue weighted by molar-refractivity contribution is -0.206. The van der Waals surface area contributed by atoms with Gasteiger partial charge in [0.05, 0.1) is 11.8 Å². The van der Waals surface area contributed by atoms with Crippen molar-refractivity contribution in [3.63, 3.8) is 0 Å². The fraction of sp³-hybridized carbons (Fsp3) is 0.800. The predicted molar refractivity (Wildman–Crippen MR) is 117 cm³/mol. The molecule has 0 heterocycles. The Morgan fingerprint density at radius 1 is 1.07 bits per heavy atom. The average Bonchev–Trinajstić information content (AvgIpc) is 2.69. The maximum atomic E-state index is 12.8. The number of esters is 2. The third kappa shape index (κ3) is 4.81. The lowest BCUT2D eigenvalue weighted by atomic mass is 9.51. The summed E-state index contributed by atoms with van der Waals surface area (Å²) in [6.45, 7) is 18.0. The Hall–Kier alpha value is -1.65. The number of carbonyl (C=O) groups is 3. The van der Waals surface area contributed by atoms with Crippen LogP contribution in [0.25, 0.3) is 0 Å². The van der Waals surface area contributed by atoms with Crippen LogP contribution in [-0.2, 0) is 23.9 Å². The smallest absolute Gasteiger partial charge is 0.309 e. The molecule has 8 atom stereocenters. The van der Waals surface area contributed by atoms with E-state index >= 15 is 0 Å². The highest BCUT2D eigenvalue weighted by molar-refractivity contribution is 5.80. The molecule has 0 saturated heterocycles. The van der Waals surface area contributed by atoms with Gasteiger partial charge in [0.2, 0.25) is 0 Å². The summed E-state index contributed by atoms with van der Waals surface area (Å²) in [6.07, 6.45) is 1.79. The van der Waals surface area contributed by atoms with E-state index in [1.165, 1.54) is 0 Å². The van der Waals surface area contributed by atoms with Gasteiger partial charge in [-0.2, -0.15) is 0 Å². The van der Waals surface area contributed by atoms with Gasteiger partial charge in [-0.3, -0.25) is 14.4 Å². The first kappa shape index (κ1) is 24.6. The van der Waals surface area contributed by atoms with E-state index < -0.39 is 12.2 Å². The summed E-state index contributed by atoms with van der Waals surface area (Å²) >= 11 is 0. The Morgan fingerprint density at radius 2 is 1.57 bits per heavy atom. The van der Waals surface area contributed by atoms with Crippen molar-refractivity contribution in [3.8, 4) is 0 Å². The lowest BCUT2D eigenvalue weighted by Gasteiger charge is -2.56. The molecule has 0 aromatic heterocycles. The van der Waals surface area contributed by atoms with E-state index in [0.29, 0.717) is 25.7 Å². The van der Waals surface area contributed by atoms with Gasteiger partial charge in [-0.25, -0.2) is 0 Å². The fourth-order valence-electron chi connectivity index (χ4n) is 4.98. The molecule has 170 valence electrons. The third-order valence-corrected chi connectivity index (χ3v) is 7.90. The molecule has 0 spiro atoms. The third-order valence-electron chi connectivity index (χ3n) is 7.90. The standard InChI is InChI=1S/C25H40O5/c1-9-15(5)23(27)29-21-19(14(3)4)13-25(8)17(7)11-18(26)12-20(25)22(21)30-24(28)16(6)10-2/h15-17,19-22H,3,9-13H2,1-2,4-8H3. The topological polar surface area (TPSA) is 69.7 Å². The molecule has 2 aliphatic rings. The molecule has 0 N–H and O–H groups in total. The van der Waals surface area contributed by atoms with E-state index in [4.69, 9.17) is 9.47 Å². The van der Waals surface area contributed by atoms with Crippen molar-refractivity contribution < 1.29 is 23.9 Å². The zero-order valence-corrected chi connectivity index (χ0v) is 19.8. The zero-order chi connectivity index (χ0) is 22.8. The molecule has 5 heteroatoms. The summed E-state index contributed by atoms with van der Waals surface area (Å²) in [7, 11) is 0. The van der Waals surface area contributed by atoms with Crippen LogP contribution in [0.5, 0.6) is 0 Å². The number of ketones is 1. The number of carbonyl (C=O) groups excluding carboxylic acids is 3. The van der Waals surface area contributed by atoms with Crippen molar-refractivity contribution in [1.29, 1.82) is 0 Å². The lowest BCUT2D eigenvalue weighted by Crippen LogP contribution is -2.60. The Bertz CT molecular complexity index is 683. The molecule has 8 unspecified atom stereocenters. The summed E-state index contributed by atoms with van der Waals surface area (Å²) in [4.78, 5) is 38.1. The molecule has 2 rings (SSSR count). The quantitative estimate of drug-likeness (QED) is 0.422. The first-order valence-corrected chi connectivity index (χ1v) is 11.5. The maximum absolute atomic E-state index is 12.8. The van der Waals surface area contributed by atoms with Gasteiger partial charge < -0.3 is 9.47 Å². The predicted octanol–water partition coefficient (Wildman–Crippen LogP) is 5.12. The van der Waals surface area contributed by atoms with Gasteiger partial charge in [-0.05, 0) is 37.5 Å². The van der Waals surface area contributed by atoms with Crippen LogP contribution in [0.4, 0.5) is 0 Å². The van der Waals surface area contributed by atoms with Gasteiger partial charge in [-0.1, -0.05) is 53.7 Å². The minimum Gasteiger partial charge on any atom is -0.458 e. The molecular formula is C25H40O5. The molecule has 2 saturated carbocycles. The largest absolute Gasteiger partial charge is 0.458 e. The van der Waals surface area contributed by atoms with Gasteiger partial charge in [0.25, 0.3) is 0 Å². The number of ether oxygens (including phenoxy) is 2. The highest BCUT2D eigenvalue weighted by atomic mass is 16.6. The Kier molecular flexibility index (Phi) is 7.92. The van der Waals surface area contributed by atoms with Crippen LogP contribution in [0, 0.1) is 35.0 Å². The Labute approximate surface area is 182 Å². The first-order chi connectivity index (χ1) is 14.0. The Balaban J connectivity index is 2.50. The second-order valence-corrected chi connectivity index (χ2v) is 10.0. The molecule has 0 radical (unpaired) electrons. The van der Waals surface area contributed by atoms with Crippen LogP contribution >= 0.6 is 0 Å². The summed E-state index contributed by atoms with van der Waals surface area (Å²) in [5, 5.41) is 0. The van der Waals surface area contributed by atoms with Crippen molar-refractivity contribution in [2.75, 3.05) is 0 Å². The molecule has 5 nitrogen and oxygen atoms in total. The summed E-state index contributed by atoms with van der Waals surface area (Å²) in [6, 6.07) is 0. The number of fused-ring (bicyclic) bond motifs is 1. The second kappa shape index (κ2) is 9.65.